The lowest BCUT2D eigenvalue weighted by Gasteiger charge is -2.25. The normalized spacial score (nSPS) is 14.1. The van der Waals surface area contributed by atoms with Crippen LogP contribution in [-0.2, 0) is 0 Å². The molecule has 1 atom stereocenters. The first kappa shape index (κ1) is 16.0. The summed E-state index contributed by atoms with van der Waals surface area (Å²) in [5.74, 6) is 0. The Kier molecular flexibility index (Phi) is 9.02. The Bertz CT molecular complexity index is 152. The van der Waals surface area contributed by atoms with Crippen molar-refractivity contribution in [3.63, 3.8) is 0 Å². The van der Waals surface area contributed by atoms with Gasteiger partial charge >= 0.3 is 0 Å². The van der Waals surface area contributed by atoms with Gasteiger partial charge in [-0.15, -0.1) is 0 Å². The van der Waals surface area contributed by atoms with E-state index in [4.69, 9.17) is 0 Å². The summed E-state index contributed by atoms with van der Waals surface area (Å²) in [4.78, 5) is 0. The minimum Gasteiger partial charge on any atom is -0.314 e. The van der Waals surface area contributed by atoms with Crippen LogP contribution in [0.2, 0.25) is 0 Å². The summed E-state index contributed by atoms with van der Waals surface area (Å²) in [6, 6.07) is 0.687. The molecule has 0 amide bonds. The molecule has 0 aliphatic carbocycles. The predicted octanol–water partition coefficient (Wildman–Crippen LogP) is 4.76. The molecule has 1 N–H and O–H groups in total. The van der Waals surface area contributed by atoms with E-state index in [2.05, 4.69) is 39.9 Å². The lowest BCUT2D eigenvalue weighted by molar-refractivity contribution is 0.306. The largest absolute Gasteiger partial charge is 0.314 e. The summed E-state index contributed by atoms with van der Waals surface area (Å²) in [5, 5.41) is 3.66. The zero-order chi connectivity index (χ0) is 12.4. The van der Waals surface area contributed by atoms with Crippen molar-refractivity contribution in [3.8, 4) is 0 Å². The first-order valence-corrected chi connectivity index (χ1v) is 7.25. The fraction of sp³-hybridized carbons (Fsp3) is 1.00. The maximum Gasteiger partial charge on any atom is 0.00389 e. The molecule has 1 heteroatoms. The van der Waals surface area contributed by atoms with E-state index in [1.165, 1.54) is 44.9 Å². The van der Waals surface area contributed by atoms with Crippen LogP contribution in [-0.4, -0.2) is 12.6 Å². The van der Waals surface area contributed by atoms with Crippen molar-refractivity contribution < 1.29 is 0 Å². The second kappa shape index (κ2) is 9.04. The average molecular weight is 227 g/mol. The second-order valence-corrected chi connectivity index (χ2v) is 6.00. The third-order valence-corrected chi connectivity index (χ3v) is 3.63. The van der Waals surface area contributed by atoms with E-state index in [1.54, 1.807) is 0 Å². The van der Waals surface area contributed by atoms with Gasteiger partial charge in [-0.1, -0.05) is 59.8 Å². The zero-order valence-electron chi connectivity index (χ0n) is 12.2. The summed E-state index contributed by atoms with van der Waals surface area (Å²) in [7, 11) is 0. The van der Waals surface area contributed by atoms with E-state index in [0.717, 1.165) is 6.54 Å². The van der Waals surface area contributed by atoms with Gasteiger partial charge in [0, 0.05) is 12.6 Å². The highest BCUT2D eigenvalue weighted by Crippen LogP contribution is 2.18. The van der Waals surface area contributed by atoms with Gasteiger partial charge in [0.05, 0.1) is 0 Å². The zero-order valence-corrected chi connectivity index (χ0v) is 12.2. The summed E-state index contributed by atoms with van der Waals surface area (Å²) in [6.07, 6.45) is 9.57. The summed E-state index contributed by atoms with van der Waals surface area (Å²) < 4.78 is 0. The van der Waals surface area contributed by atoms with Gasteiger partial charge in [0.1, 0.15) is 0 Å². The van der Waals surface area contributed by atoms with E-state index in [1.807, 2.05) is 0 Å². The molecule has 0 fully saturated rings. The van der Waals surface area contributed by atoms with Crippen LogP contribution >= 0.6 is 0 Å². The number of nitrogens with one attached hydrogen (secondary N) is 1. The Hall–Kier alpha value is -0.0400. The fourth-order valence-electron chi connectivity index (χ4n) is 1.73. The molecule has 16 heavy (non-hydrogen) atoms. The smallest absolute Gasteiger partial charge is 0.00389 e. The predicted molar refractivity (Wildman–Crippen MR) is 74.9 cm³/mol. The minimum absolute atomic E-state index is 0.455. The van der Waals surface area contributed by atoms with Gasteiger partial charge < -0.3 is 5.32 Å². The lowest BCUT2D eigenvalue weighted by Crippen LogP contribution is -2.35. The highest BCUT2D eigenvalue weighted by atomic mass is 14.9. The van der Waals surface area contributed by atoms with Gasteiger partial charge in [-0.3, -0.25) is 0 Å². The highest BCUT2D eigenvalue weighted by molar-refractivity contribution is 4.72. The Morgan fingerprint density at radius 3 is 2.19 bits per heavy atom. The van der Waals surface area contributed by atoms with Crippen molar-refractivity contribution in [2.75, 3.05) is 6.54 Å². The van der Waals surface area contributed by atoms with Gasteiger partial charge in [-0.2, -0.15) is 0 Å². The summed E-state index contributed by atoms with van der Waals surface area (Å²) >= 11 is 0. The first-order valence-electron chi connectivity index (χ1n) is 7.25. The molecule has 0 saturated carbocycles. The van der Waals surface area contributed by atoms with E-state index in [-0.39, 0.29) is 0 Å². The molecule has 0 heterocycles. The van der Waals surface area contributed by atoms with E-state index in [0.29, 0.717) is 11.5 Å². The quantitative estimate of drug-likeness (QED) is 0.531. The van der Waals surface area contributed by atoms with Crippen LogP contribution in [0.1, 0.15) is 79.6 Å². The van der Waals surface area contributed by atoms with Gasteiger partial charge in [0.25, 0.3) is 0 Å². The Morgan fingerprint density at radius 2 is 1.62 bits per heavy atom. The van der Waals surface area contributed by atoms with Crippen molar-refractivity contribution in [1.29, 1.82) is 0 Å². The molecular formula is C15H33N. The molecule has 0 spiro atoms. The maximum atomic E-state index is 3.66. The molecule has 0 aliphatic heterocycles. The third-order valence-electron chi connectivity index (χ3n) is 3.63. The molecule has 98 valence electrons. The highest BCUT2D eigenvalue weighted by Gasteiger charge is 2.15. The SMILES string of the molecule is CCCCCCCC(C)NCC(C)(C)CC. The van der Waals surface area contributed by atoms with Gasteiger partial charge in [-0.05, 0) is 25.2 Å². The van der Waals surface area contributed by atoms with Crippen LogP contribution < -0.4 is 5.32 Å². The number of hydrogen-bond acceptors (Lipinski definition) is 1. The average Bonchev–Trinajstić information content (AvgIpc) is 2.26. The maximum absolute atomic E-state index is 3.66. The molecule has 0 aromatic heterocycles. The van der Waals surface area contributed by atoms with Crippen LogP contribution in [0.15, 0.2) is 0 Å². The van der Waals surface area contributed by atoms with Crippen molar-refractivity contribution in [1.82, 2.24) is 5.32 Å². The van der Waals surface area contributed by atoms with Crippen molar-refractivity contribution in [3.05, 3.63) is 0 Å². The van der Waals surface area contributed by atoms with Crippen molar-refractivity contribution >= 4 is 0 Å². The number of unbranched alkanes of at least 4 members (excludes halogenated alkanes) is 4. The molecule has 0 radical (unpaired) electrons. The third kappa shape index (κ3) is 9.21. The summed E-state index contributed by atoms with van der Waals surface area (Å²) in [5.41, 5.74) is 0.455. The van der Waals surface area contributed by atoms with E-state index >= 15 is 0 Å². The fourth-order valence-corrected chi connectivity index (χ4v) is 1.73. The molecule has 0 saturated heterocycles. The van der Waals surface area contributed by atoms with Crippen LogP contribution in [0.5, 0.6) is 0 Å². The summed E-state index contributed by atoms with van der Waals surface area (Å²) in [6.45, 7) is 12.7. The monoisotopic (exact) mass is 227 g/mol. The van der Waals surface area contributed by atoms with Crippen LogP contribution in [0.3, 0.4) is 0 Å². The standard InChI is InChI=1S/C15H33N/c1-6-8-9-10-11-12-14(3)16-13-15(4,5)7-2/h14,16H,6-13H2,1-5H3. The van der Waals surface area contributed by atoms with Gasteiger partial charge in [0.2, 0.25) is 0 Å². The van der Waals surface area contributed by atoms with Gasteiger partial charge in [0.15, 0.2) is 0 Å². The lowest BCUT2D eigenvalue weighted by atomic mass is 9.90. The molecule has 0 aromatic carbocycles. The second-order valence-electron chi connectivity index (χ2n) is 6.00. The Balaban J connectivity index is 3.41. The van der Waals surface area contributed by atoms with Crippen LogP contribution in [0.4, 0.5) is 0 Å². The van der Waals surface area contributed by atoms with E-state index < -0.39 is 0 Å². The van der Waals surface area contributed by atoms with Crippen molar-refractivity contribution in [2.45, 2.75) is 85.6 Å². The molecular weight excluding hydrogens is 194 g/mol. The van der Waals surface area contributed by atoms with E-state index in [9.17, 15) is 0 Å². The molecule has 0 bridgehead atoms. The van der Waals surface area contributed by atoms with Crippen LogP contribution in [0.25, 0.3) is 0 Å². The topological polar surface area (TPSA) is 12.0 Å². The Labute approximate surface area is 103 Å². The van der Waals surface area contributed by atoms with Gasteiger partial charge in [-0.25, -0.2) is 0 Å². The van der Waals surface area contributed by atoms with Crippen LogP contribution in [0, 0.1) is 5.41 Å². The Morgan fingerprint density at radius 1 is 1.00 bits per heavy atom. The minimum atomic E-state index is 0.455. The number of hydrogen-bond donors (Lipinski definition) is 1. The molecule has 0 rings (SSSR count). The molecule has 1 unspecified atom stereocenters. The van der Waals surface area contributed by atoms with Crippen molar-refractivity contribution in [2.24, 2.45) is 5.41 Å². The molecule has 1 nitrogen and oxygen atoms in total. The molecule has 0 aliphatic rings. The molecule has 0 aromatic rings. The number of rotatable bonds is 10. The first-order chi connectivity index (χ1) is 7.52.